The van der Waals surface area contributed by atoms with Crippen molar-refractivity contribution in [1.29, 1.82) is 0 Å². The van der Waals surface area contributed by atoms with E-state index in [1.807, 2.05) is 31.4 Å². The molecule has 0 unspecified atom stereocenters. The first-order valence-corrected chi connectivity index (χ1v) is 10.4. The highest BCUT2D eigenvalue weighted by molar-refractivity contribution is 7.10. The van der Waals surface area contributed by atoms with Gasteiger partial charge < -0.3 is 9.47 Å². The molecule has 4 atom stereocenters. The zero-order valence-electron chi connectivity index (χ0n) is 16.6. The number of rotatable bonds is 5. The van der Waals surface area contributed by atoms with Crippen LogP contribution >= 0.6 is 11.3 Å². The number of ketones is 1. The van der Waals surface area contributed by atoms with E-state index in [2.05, 4.69) is 4.99 Å². The summed E-state index contributed by atoms with van der Waals surface area (Å²) in [6, 6.07) is 3.81. The number of fused-ring (bicyclic) bond motifs is 1. The number of nitrogens with zero attached hydrogens (tertiary/aromatic N) is 1. The summed E-state index contributed by atoms with van der Waals surface area (Å²) in [5.41, 5.74) is 1.74. The molecule has 0 N–H and O–H groups in total. The number of hydrogen-bond donors (Lipinski definition) is 0. The van der Waals surface area contributed by atoms with E-state index in [0.717, 1.165) is 10.6 Å². The Bertz CT molecular complexity index is 839. The maximum atomic E-state index is 13.4. The van der Waals surface area contributed by atoms with Crippen LogP contribution in [0.25, 0.3) is 0 Å². The molecule has 1 saturated carbocycles. The highest BCUT2D eigenvalue weighted by Crippen LogP contribution is 2.46. The number of hydrogen-bond acceptors (Lipinski definition) is 7. The normalized spacial score (nSPS) is 27.1. The minimum absolute atomic E-state index is 0.194. The standard InChI is InChI=1S/C21H25NO5S/c1-5-8-27-21(25)16-12(3)22-13-10-11(2)15(20(24)26-4)19(23)17(13)18(16)14-7-6-9-28-14/h6-7,9,11,15,17-18H,5,8,10H2,1-4H3/t11-,15+,17+,18-/m1/s1. The predicted molar refractivity (Wildman–Crippen MR) is 106 cm³/mol. The molecular formula is C21H25NO5S. The van der Waals surface area contributed by atoms with E-state index in [4.69, 9.17) is 9.47 Å². The maximum Gasteiger partial charge on any atom is 0.336 e. The van der Waals surface area contributed by atoms with E-state index < -0.39 is 29.7 Å². The number of ether oxygens (including phenoxy) is 2. The van der Waals surface area contributed by atoms with Gasteiger partial charge in [-0.05, 0) is 37.1 Å². The average Bonchev–Trinajstić information content (AvgIpc) is 3.19. The second-order valence-corrected chi connectivity index (χ2v) is 8.27. The monoisotopic (exact) mass is 403 g/mol. The Morgan fingerprint density at radius 2 is 2.07 bits per heavy atom. The summed E-state index contributed by atoms with van der Waals surface area (Å²) in [4.78, 5) is 44.1. The number of methoxy groups -OCH3 is 1. The third-order valence-corrected chi connectivity index (χ3v) is 6.34. The molecule has 1 aliphatic heterocycles. The van der Waals surface area contributed by atoms with Crippen molar-refractivity contribution in [2.75, 3.05) is 13.7 Å². The number of Topliss-reactive ketones (excluding diaryl/α,β-unsaturated/α-hetero) is 1. The Hall–Kier alpha value is -2.28. The highest BCUT2D eigenvalue weighted by Gasteiger charge is 2.51. The van der Waals surface area contributed by atoms with Crippen LogP contribution in [0, 0.1) is 17.8 Å². The van der Waals surface area contributed by atoms with Crippen LogP contribution in [-0.4, -0.2) is 37.2 Å². The van der Waals surface area contributed by atoms with Gasteiger partial charge in [0.25, 0.3) is 0 Å². The lowest BCUT2D eigenvalue weighted by Gasteiger charge is -2.39. The van der Waals surface area contributed by atoms with Crippen LogP contribution in [0.3, 0.4) is 0 Å². The summed E-state index contributed by atoms with van der Waals surface area (Å²) in [6.45, 7) is 5.88. The third kappa shape index (κ3) is 3.55. The van der Waals surface area contributed by atoms with Crippen molar-refractivity contribution < 1.29 is 23.9 Å². The van der Waals surface area contributed by atoms with Gasteiger partial charge in [0.1, 0.15) is 5.92 Å². The quantitative estimate of drug-likeness (QED) is 0.555. The van der Waals surface area contributed by atoms with Gasteiger partial charge in [-0.15, -0.1) is 11.3 Å². The second-order valence-electron chi connectivity index (χ2n) is 7.29. The van der Waals surface area contributed by atoms with Gasteiger partial charge in [0, 0.05) is 22.2 Å². The molecule has 3 rings (SSSR count). The summed E-state index contributed by atoms with van der Waals surface area (Å²) in [5.74, 6) is -3.36. The molecule has 0 aromatic carbocycles. The summed E-state index contributed by atoms with van der Waals surface area (Å²) >= 11 is 1.49. The van der Waals surface area contributed by atoms with Crippen molar-refractivity contribution in [2.24, 2.45) is 22.7 Å². The van der Waals surface area contributed by atoms with Crippen LogP contribution < -0.4 is 0 Å². The molecule has 28 heavy (non-hydrogen) atoms. The minimum Gasteiger partial charge on any atom is -0.468 e. The SMILES string of the molecule is CCCOC(=O)C1=C(C)N=C2C[C@@H](C)[C@H](C(=O)OC)C(=O)[C@@H]2[C@@H]1c1cccs1. The first kappa shape index (κ1) is 20.5. The first-order chi connectivity index (χ1) is 13.4. The fourth-order valence-electron chi connectivity index (χ4n) is 4.15. The number of carbonyl (C=O) groups excluding carboxylic acids is 3. The Morgan fingerprint density at radius 3 is 2.68 bits per heavy atom. The Labute approximate surface area is 168 Å². The molecule has 150 valence electrons. The van der Waals surface area contributed by atoms with Gasteiger partial charge >= 0.3 is 11.9 Å². The van der Waals surface area contributed by atoms with Gasteiger partial charge in [0.2, 0.25) is 0 Å². The summed E-state index contributed by atoms with van der Waals surface area (Å²) in [7, 11) is 1.29. The van der Waals surface area contributed by atoms with Crippen LogP contribution in [0.4, 0.5) is 0 Å². The molecule has 0 spiro atoms. The smallest absolute Gasteiger partial charge is 0.336 e. The van der Waals surface area contributed by atoms with E-state index >= 15 is 0 Å². The van der Waals surface area contributed by atoms with Crippen LogP contribution in [-0.2, 0) is 23.9 Å². The Balaban J connectivity index is 2.10. The van der Waals surface area contributed by atoms with Gasteiger partial charge in [-0.2, -0.15) is 0 Å². The lowest BCUT2D eigenvalue weighted by Crippen LogP contribution is -2.48. The van der Waals surface area contributed by atoms with Crippen LogP contribution in [0.15, 0.2) is 33.8 Å². The van der Waals surface area contributed by atoms with Gasteiger partial charge in [0.05, 0.1) is 25.2 Å². The van der Waals surface area contributed by atoms with E-state index in [0.29, 0.717) is 30.7 Å². The zero-order chi connectivity index (χ0) is 20.4. The van der Waals surface area contributed by atoms with E-state index in [-0.39, 0.29) is 11.7 Å². The third-order valence-electron chi connectivity index (χ3n) is 5.38. The summed E-state index contributed by atoms with van der Waals surface area (Å²) in [5, 5.41) is 1.92. The topological polar surface area (TPSA) is 82.0 Å². The molecule has 2 aliphatic rings. The molecule has 0 saturated heterocycles. The van der Waals surface area contributed by atoms with Crippen molar-refractivity contribution in [3.05, 3.63) is 33.7 Å². The fourth-order valence-corrected chi connectivity index (χ4v) is 5.02. The number of allylic oxidation sites excluding steroid dienone is 1. The second kappa shape index (κ2) is 8.39. The minimum atomic E-state index is -0.845. The lowest BCUT2D eigenvalue weighted by molar-refractivity contribution is -0.152. The Kier molecular flexibility index (Phi) is 6.13. The van der Waals surface area contributed by atoms with Gasteiger partial charge in [-0.1, -0.05) is 19.9 Å². The lowest BCUT2D eigenvalue weighted by atomic mass is 9.65. The van der Waals surface area contributed by atoms with Crippen molar-refractivity contribution >= 4 is 34.8 Å². The molecule has 1 aromatic rings. The number of aliphatic imine (C=N–C) groups is 1. The average molecular weight is 404 g/mol. The van der Waals surface area contributed by atoms with Crippen LogP contribution in [0.2, 0.25) is 0 Å². The van der Waals surface area contributed by atoms with E-state index in [9.17, 15) is 14.4 Å². The molecular weight excluding hydrogens is 378 g/mol. The van der Waals surface area contributed by atoms with E-state index in [1.54, 1.807) is 6.92 Å². The molecule has 2 heterocycles. The fraction of sp³-hybridized carbons (Fsp3) is 0.524. The van der Waals surface area contributed by atoms with Gasteiger partial charge in [-0.25, -0.2) is 4.79 Å². The molecule has 6 nitrogen and oxygen atoms in total. The number of carbonyl (C=O) groups is 3. The van der Waals surface area contributed by atoms with Gasteiger partial charge in [-0.3, -0.25) is 14.6 Å². The highest BCUT2D eigenvalue weighted by atomic mass is 32.1. The maximum absolute atomic E-state index is 13.4. The molecule has 7 heteroatoms. The van der Waals surface area contributed by atoms with Crippen LogP contribution in [0.5, 0.6) is 0 Å². The number of esters is 2. The van der Waals surface area contributed by atoms with Gasteiger partial charge in [0.15, 0.2) is 5.78 Å². The van der Waals surface area contributed by atoms with Crippen molar-refractivity contribution in [2.45, 2.75) is 39.5 Å². The predicted octanol–water partition coefficient (Wildman–Crippen LogP) is 3.53. The molecule has 0 radical (unpaired) electrons. The summed E-state index contributed by atoms with van der Waals surface area (Å²) in [6.07, 6.45) is 1.23. The molecule has 1 fully saturated rings. The van der Waals surface area contributed by atoms with Crippen LogP contribution in [0.1, 0.15) is 44.4 Å². The first-order valence-electron chi connectivity index (χ1n) is 9.50. The molecule has 1 aliphatic carbocycles. The molecule has 0 bridgehead atoms. The Morgan fingerprint density at radius 1 is 1.32 bits per heavy atom. The van der Waals surface area contributed by atoms with Crippen molar-refractivity contribution in [1.82, 2.24) is 0 Å². The molecule has 0 amide bonds. The molecule has 1 aromatic heterocycles. The van der Waals surface area contributed by atoms with E-state index in [1.165, 1.54) is 18.4 Å². The zero-order valence-corrected chi connectivity index (χ0v) is 17.4. The summed E-state index contributed by atoms with van der Waals surface area (Å²) < 4.78 is 10.3. The van der Waals surface area contributed by atoms with Crippen molar-refractivity contribution in [3.63, 3.8) is 0 Å². The number of thiophene rings is 1. The largest absolute Gasteiger partial charge is 0.468 e. The van der Waals surface area contributed by atoms with Crippen molar-refractivity contribution in [3.8, 4) is 0 Å².